The predicted molar refractivity (Wildman–Crippen MR) is 70.2 cm³/mol. The van der Waals surface area contributed by atoms with E-state index in [1.807, 2.05) is 0 Å². The Morgan fingerprint density at radius 3 is 2.53 bits per heavy atom. The van der Waals surface area contributed by atoms with Gasteiger partial charge in [-0.05, 0) is 25.7 Å². The number of carbonyl (C=O) groups excluding carboxylic acids is 2. The minimum atomic E-state index is -3.37. The highest BCUT2D eigenvalue weighted by Crippen LogP contribution is 2.25. The predicted octanol–water partition coefficient (Wildman–Crippen LogP) is -0.261. The lowest BCUT2D eigenvalue weighted by atomic mass is 10.1. The van der Waals surface area contributed by atoms with E-state index in [9.17, 15) is 18.0 Å². The molecule has 2 N–H and O–H groups in total. The van der Waals surface area contributed by atoms with E-state index >= 15 is 0 Å². The highest BCUT2D eigenvalue weighted by atomic mass is 32.2. The lowest BCUT2D eigenvalue weighted by molar-refractivity contribution is -0.129. The van der Waals surface area contributed by atoms with E-state index < -0.39 is 27.5 Å². The van der Waals surface area contributed by atoms with Gasteiger partial charge in [0.2, 0.25) is 11.8 Å². The molecule has 0 spiro atoms. The first-order valence-corrected chi connectivity index (χ1v) is 8.49. The lowest BCUT2D eigenvalue weighted by Crippen LogP contribution is -2.51. The van der Waals surface area contributed by atoms with Crippen LogP contribution in [0.3, 0.4) is 0 Å². The van der Waals surface area contributed by atoms with Gasteiger partial charge in [-0.1, -0.05) is 12.8 Å². The molecule has 2 amide bonds. The summed E-state index contributed by atoms with van der Waals surface area (Å²) in [4.78, 5) is 23.2. The Labute approximate surface area is 113 Å². The maximum absolute atomic E-state index is 12.0. The Hall–Kier alpha value is -1.11. The summed E-state index contributed by atoms with van der Waals surface area (Å²) < 4.78 is 24.0. The fourth-order valence-corrected chi connectivity index (χ4v) is 4.43. The van der Waals surface area contributed by atoms with Crippen LogP contribution in [-0.2, 0) is 19.4 Å². The highest BCUT2D eigenvalue weighted by molar-refractivity contribution is 7.92. The Bertz CT molecular complexity index is 454. The average molecular weight is 288 g/mol. The monoisotopic (exact) mass is 288 g/mol. The SMILES string of the molecule is O=C(CS(=O)(=O)C1CCCC1)NC1CCCNC1=O. The standard InChI is InChI=1S/C12H20N2O4S/c15-11(14-10-6-3-7-13-12(10)16)8-19(17,18)9-4-1-2-5-9/h9-10H,1-8H2,(H,13,16)(H,14,15). The second-order valence-corrected chi connectivity index (χ2v) is 7.55. The molecule has 1 atom stereocenters. The molecule has 1 saturated carbocycles. The van der Waals surface area contributed by atoms with Gasteiger partial charge in [-0.2, -0.15) is 0 Å². The number of piperidine rings is 1. The van der Waals surface area contributed by atoms with E-state index in [2.05, 4.69) is 10.6 Å². The first kappa shape index (κ1) is 14.3. The molecule has 7 heteroatoms. The van der Waals surface area contributed by atoms with Gasteiger partial charge in [-0.25, -0.2) is 8.42 Å². The van der Waals surface area contributed by atoms with Gasteiger partial charge in [-0.15, -0.1) is 0 Å². The first-order valence-electron chi connectivity index (χ1n) is 6.78. The quantitative estimate of drug-likeness (QED) is 0.745. The van der Waals surface area contributed by atoms with Gasteiger partial charge in [0.05, 0.1) is 5.25 Å². The molecule has 1 unspecified atom stereocenters. The van der Waals surface area contributed by atoms with Crippen molar-refractivity contribution in [3.05, 3.63) is 0 Å². The number of sulfone groups is 1. The van der Waals surface area contributed by atoms with Crippen LogP contribution < -0.4 is 10.6 Å². The average Bonchev–Trinajstić information content (AvgIpc) is 2.85. The molecule has 0 aromatic rings. The first-order chi connectivity index (χ1) is 8.99. The van der Waals surface area contributed by atoms with E-state index in [1.165, 1.54) is 0 Å². The van der Waals surface area contributed by atoms with Crippen LogP contribution in [0.2, 0.25) is 0 Å². The second-order valence-electron chi connectivity index (χ2n) is 5.27. The molecule has 1 aliphatic carbocycles. The van der Waals surface area contributed by atoms with Gasteiger partial charge < -0.3 is 10.6 Å². The van der Waals surface area contributed by atoms with Crippen molar-refractivity contribution in [1.29, 1.82) is 0 Å². The van der Waals surface area contributed by atoms with Crippen molar-refractivity contribution in [2.45, 2.75) is 49.8 Å². The summed E-state index contributed by atoms with van der Waals surface area (Å²) >= 11 is 0. The third-order valence-corrected chi connectivity index (χ3v) is 5.91. The zero-order valence-electron chi connectivity index (χ0n) is 10.9. The van der Waals surface area contributed by atoms with Crippen molar-refractivity contribution in [2.75, 3.05) is 12.3 Å². The zero-order chi connectivity index (χ0) is 13.9. The van der Waals surface area contributed by atoms with Crippen molar-refractivity contribution < 1.29 is 18.0 Å². The number of hydrogen-bond donors (Lipinski definition) is 2. The van der Waals surface area contributed by atoms with Gasteiger partial charge in [0.1, 0.15) is 11.8 Å². The van der Waals surface area contributed by atoms with Crippen LogP contribution in [0.1, 0.15) is 38.5 Å². The molecule has 2 aliphatic rings. The zero-order valence-corrected chi connectivity index (χ0v) is 11.7. The summed E-state index contributed by atoms with van der Waals surface area (Å²) in [5.74, 6) is -1.28. The largest absolute Gasteiger partial charge is 0.354 e. The van der Waals surface area contributed by atoms with Crippen LogP contribution in [0.25, 0.3) is 0 Å². The van der Waals surface area contributed by atoms with Crippen LogP contribution in [0, 0.1) is 0 Å². The summed E-state index contributed by atoms with van der Waals surface area (Å²) in [7, 11) is -3.37. The Morgan fingerprint density at radius 1 is 1.21 bits per heavy atom. The number of nitrogens with one attached hydrogen (secondary N) is 2. The Balaban J connectivity index is 1.88. The van der Waals surface area contributed by atoms with E-state index in [4.69, 9.17) is 0 Å². The Kier molecular flexibility index (Phi) is 4.44. The summed E-state index contributed by atoms with van der Waals surface area (Å²) in [5.41, 5.74) is 0. The van der Waals surface area contributed by atoms with Crippen molar-refractivity contribution in [2.24, 2.45) is 0 Å². The van der Waals surface area contributed by atoms with E-state index in [0.29, 0.717) is 25.8 Å². The van der Waals surface area contributed by atoms with Gasteiger partial charge in [-0.3, -0.25) is 9.59 Å². The van der Waals surface area contributed by atoms with E-state index in [-0.39, 0.29) is 11.2 Å². The molecule has 0 radical (unpaired) electrons. The van der Waals surface area contributed by atoms with Crippen LogP contribution in [0.4, 0.5) is 0 Å². The fraction of sp³-hybridized carbons (Fsp3) is 0.833. The Morgan fingerprint density at radius 2 is 1.89 bits per heavy atom. The topological polar surface area (TPSA) is 92.3 Å². The minimum absolute atomic E-state index is 0.224. The third kappa shape index (κ3) is 3.68. The highest BCUT2D eigenvalue weighted by Gasteiger charge is 2.32. The van der Waals surface area contributed by atoms with Crippen molar-refractivity contribution >= 4 is 21.7 Å². The van der Waals surface area contributed by atoms with Gasteiger partial charge in [0, 0.05) is 6.54 Å². The van der Waals surface area contributed by atoms with Crippen LogP contribution in [-0.4, -0.2) is 43.8 Å². The molecule has 0 aromatic heterocycles. The van der Waals surface area contributed by atoms with Crippen LogP contribution >= 0.6 is 0 Å². The molecule has 0 aromatic carbocycles. The molecular formula is C12H20N2O4S. The van der Waals surface area contributed by atoms with E-state index in [1.54, 1.807) is 0 Å². The van der Waals surface area contributed by atoms with Crippen LogP contribution in [0.5, 0.6) is 0 Å². The van der Waals surface area contributed by atoms with Crippen molar-refractivity contribution in [3.8, 4) is 0 Å². The maximum Gasteiger partial charge on any atom is 0.242 e. The van der Waals surface area contributed by atoms with Gasteiger partial charge in [0.25, 0.3) is 0 Å². The van der Waals surface area contributed by atoms with Crippen LogP contribution in [0.15, 0.2) is 0 Å². The van der Waals surface area contributed by atoms with Crippen molar-refractivity contribution in [1.82, 2.24) is 10.6 Å². The molecule has 19 heavy (non-hydrogen) atoms. The maximum atomic E-state index is 12.0. The fourth-order valence-electron chi connectivity index (χ4n) is 2.69. The van der Waals surface area contributed by atoms with Gasteiger partial charge >= 0.3 is 0 Å². The molecule has 2 rings (SSSR count). The summed E-state index contributed by atoms with van der Waals surface area (Å²) in [6.07, 6.45) is 4.50. The number of carbonyl (C=O) groups is 2. The second kappa shape index (κ2) is 5.90. The third-order valence-electron chi connectivity index (χ3n) is 3.76. The lowest BCUT2D eigenvalue weighted by Gasteiger charge is -2.23. The molecule has 1 aliphatic heterocycles. The molecule has 6 nitrogen and oxygen atoms in total. The van der Waals surface area contributed by atoms with Crippen molar-refractivity contribution in [3.63, 3.8) is 0 Å². The molecule has 0 bridgehead atoms. The normalized spacial score (nSPS) is 25.1. The molecule has 1 heterocycles. The smallest absolute Gasteiger partial charge is 0.242 e. The number of hydrogen-bond acceptors (Lipinski definition) is 4. The molecule has 1 saturated heterocycles. The molecular weight excluding hydrogens is 268 g/mol. The molecule has 2 fully saturated rings. The summed E-state index contributed by atoms with van der Waals surface area (Å²) in [6, 6.07) is -0.583. The minimum Gasteiger partial charge on any atom is -0.354 e. The summed E-state index contributed by atoms with van der Waals surface area (Å²) in [5, 5.41) is 4.79. The summed E-state index contributed by atoms with van der Waals surface area (Å²) in [6.45, 7) is 0.617. The number of amides is 2. The molecule has 108 valence electrons. The number of rotatable bonds is 4. The van der Waals surface area contributed by atoms with Gasteiger partial charge in [0.15, 0.2) is 9.84 Å². The van der Waals surface area contributed by atoms with E-state index in [0.717, 1.165) is 19.3 Å².